The fourth-order valence-corrected chi connectivity index (χ4v) is 2.76. The maximum Gasteiger partial charge on any atom is 0.229 e. The number of nitrogens with zero attached hydrogens (tertiary/aromatic N) is 1. The number of thiazole rings is 1. The van der Waals surface area contributed by atoms with Gasteiger partial charge in [0.1, 0.15) is 0 Å². The van der Waals surface area contributed by atoms with Gasteiger partial charge < -0.3 is 11.1 Å². The van der Waals surface area contributed by atoms with Crippen LogP contribution in [0, 0.1) is 5.92 Å². The van der Waals surface area contributed by atoms with E-state index in [0.717, 1.165) is 30.5 Å². The number of aromatic nitrogens is 1. The van der Waals surface area contributed by atoms with Crippen molar-refractivity contribution in [2.24, 2.45) is 5.92 Å². The molecule has 1 saturated carbocycles. The lowest BCUT2D eigenvalue weighted by atomic mass is 9.85. The third kappa shape index (κ3) is 2.61. The first kappa shape index (κ1) is 12.2. The second-order valence-electron chi connectivity index (χ2n) is 4.78. The summed E-state index contributed by atoms with van der Waals surface area (Å²) in [6.45, 7) is 0. The van der Waals surface area contributed by atoms with Gasteiger partial charge >= 0.3 is 0 Å². The van der Waals surface area contributed by atoms with Crippen LogP contribution in [0.15, 0.2) is 29.6 Å². The Bertz CT molecular complexity index is 604. The van der Waals surface area contributed by atoms with E-state index in [1.54, 1.807) is 0 Å². The second-order valence-corrected chi connectivity index (χ2v) is 5.64. The third-order valence-corrected chi connectivity index (χ3v) is 4.15. The summed E-state index contributed by atoms with van der Waals surface area (Å²) in [7, 11) is 0. The molecule has 0 atom stereocenters. The highest BCUT2D eigenvalue weighted by Gasteiger charge is 2.25. The molecule has 0 radical (unpaired) electrons. The van der Waals surface area contributed by atoms with E-state index in [1.807, 2.05) is 29.6 Å². The lowest BCUT2D eigenvalue weighted by Crippen LogP contribution is -2.27. The van der Waals surface area contributed by atoms with Gasteiger partial charge in [-0.15, -0.1) is 11.3 Å². The molecular weight excluding hydrogens is 258 g/mol. The second kappa shape index (κ2) is 5.01. The molecule has 5 heteroatoms. The first-order valence-electron chi connectivity index (χ1n) is 6.35. The van der Waals surface area contributed by atoms with E-state index >= 15 is 0 Å². The van der Waals surface area contributed by atoms with Crippen molar-refractivity contribution < 1.29 is 4.79 Å². The van der Waals surface area contributed by atoms with Crippen molar-refractivity contribution in [1.29, 1.82) is 0 Å². The van der Waals surface area contributed by atoms with Crippen LogP contribution in [0.25, 0.3) is 11.3 Å². The van der Waals surface area contributed by atoms with Crippen LogP contribution in [0.5, 0.6) is 0 Å². The molecule has 1 aromatic heterocycles. The Labute approximate surface area is 115 Å². The van der Waals surface area contributed by atoms with Crippen LogP contribution in [0.4, 0.5) is 10.8 Å². The Morgan fingerprint density at radius 3 is 2.95 bits per heavy atom. The molecule has 2 aromatic rings. The van der Waals surface area contributed by atoms with E-state index in [9.17, 15) is 4.79 Å². The van der Waals surface area contributed by atoms with Crippen LogP contribution in [-0.2, 0) is 4.79 Å². The molecule has 1 aliphatic carbocycles. The molecule has 3 N–H and O–H groups in total. The molecule has 0 spiro atoms. The number of carbonyl (C=O) groups is 1. The first-order chi connectivity index (χ1) is 9.22. The molecule has 0 aliphatic heterocycles. The summed E-state index contributed by atoms with van der Waals surface area (Å²) in [6.07, 6.45) is 3.16. The summed E-state index contributed by atoms with van der Waals surface area (Å²) in [5.41, 5.74) is 8.29. The number of amides is 1. The van der Waals surface area contributed by atoms with Gasteiger partial charge in [0, 0.05) is 22.5 Å². The molecule has 4 nitrogen and oxygen atoms in total. The maximum atomic E-state index is 11.8. The van der Waals surface area contributed by atoms with Gasteiger partial charge in [-0.25, -0.2) is 4.98 Å². The summed E-state index contributed by atoms with van der Waals surface area (Å²) in [5, 5.41) is 5.48. The Kier molecular flexibility index (Phi) is 3.21. The minimum atomic E-state index is 0.0970. The van der Waals surface area contributed by atoms with Crippen molar-refractivity contribution in [1.82, 2.24) is 4.98 Å². The number of nitrogen functional groups attached to an aromatic ring is 1. The van der Waals surface area contributed by atoms with Crippen LogP contribution >= 0.6 is 11.3 Å². The summed E-state index contributed by atoms with van der Waals surface area (Å²) >= 11 is 1.45. The van der Waals surface area contributed by atoms with E-state index in [1.165, 1.54) is 11.3 Å². The van der Waals surface area contributed by atoms with Crippen LogP contribution in [0.3, 0.4) is 0 Å². The molecule has 1 fully saturated rings. The molecular formula is C14H15N3OS. The SMILES string of the molecule is Nc1cccc(-c2csc(NC(=O)C3CCC3)n2)c1. The predicted octanol–water partition coefficient (Wildman–Crippen LogP) is 3.13. The fourth-order valence-electron chi connectivity index (χ4n) is 2.04. The number of rotatable bonds is 3. The van der Waals surface area contributed by atoms with Gasteiger partial charge in [0.25, 0.3) is 0 Å². The maximum absolute atomic E-state index is 11.8. The van der Waals surface area contributed by atoms with Crippen LogP contribution < -0.4 is 11.1 Å². The quantitative estimate of drug-likeness (QED) is 0.844. The average Bonchev–Trinajstić information content (AvgIpc) is 2.75. The summed E-state index contributed by atoms with van der Waals surface area (Å²) in [4.78, 5) is 16.3. The number of nitrogens with one attached hydrogen (secondary N) is 1. The Morgan fingerprint density at radius 1 is 1.42 bits per heavy atom. The van der Waals surface area contributed by atoms with Crippen molar-refractivity contribution >= 4 is 28.1 Å². The van der Waals surface area contributed by atoms with Gasteiger partial charge in [0.15, 0.2) is 5.13 Å². The number of hydrogen-bond donors (Lipinski definition) is 2. The van der Waals surface area contributed by atoms with E-state index in [2.05, 4.69) is 10.3 Å². The molecule has 1 heterocycles. The number of carbonyl (C=O) groups excluding carboxylic acids is 1. The van der Waals surface area contributed by atoms with Crippen LogP contribution in [0.2, 0.25) is 0 Å². The molecule has 1 aromatic carbocycles. The summed E-state index contributed by atoms with van der Waals surface area (Å²) in [6, 6.07) is 7.58. The Hall–Kier alpha value is -1.88. The molecule has 19 heavy (non-hydrogen) atoms. The van der Waals surface area contributed by atoms with Gasteiger partial charge in [0.05, 0.1) is 5.69 Å². The summed E-state index contributed by atoms with van der Waals surface area (Å²) in [5.74, 6) is 0.277. The smallest absolute Gasteiger partial charge is 0.229 e. The van der Waals surface area contributed by atoms with Gasteiger partial charge in [-0.3, -0.25) is 4.79 Å². The number of nitrogens with two attached hydrogens (primary N) is 1. The highest BCUT2D eigenvalue weighted by atomic mass is 32.1. The van der Waals surface area contributed by atoms with Gasteiger partial charge in [-0.2, -0.15) is 0 Å². The fraction of sp³-hybridized carbons (Fsp3) is 0.286. The zero-order valence-corrected chi connectivity index (χ0v) is 11.2. The van der Waals surface area contributed by atoms with Crippen molar-refractivity contribution in [3.05, 3.63) is 29.6 Å². The van der Waals surface area contributed by atoms with Crippen molar-refractivity contribution in [3.63, 3.8) is 0 Å². The van der Waals surface area contributed by atoms with E-state index in [-0.39, 0.29) is 11.8 Å². The topological polar surface area (TPSA) is 68.0 Å². The predicted molar refractivity (Wildman–Crippen MR) is 77.9 cm³/mol. The standard InChI is InChI=1S/C14H15N3OS/c15-11-6-2-5-10(7-11)12-8-19-14(16-12)17-13(18)9-3-1-4-9/h2,5-9H,1,3-4,15H2,(H,16,17,18). The third-order valence-electron chi connectivity index (χ3n) is 3.39. The molecule has 0 saturated heterocycles. The van der Waals surface area contributed by atoms with E-state index in [0.29, 0.717) is 10.8 Å². The van der Waals surface area contributed by atoms with Gasteiger partial charge in [0.2, 0.25) is 5.91 Å². The lowest BCUT2D eigenvalue weighted by molar-refractivity contribution is -0.122. The highest BCUT2D eigenvalue weighted by molar-refractivity contribution is 7.14. The Balaban J connectivity index is 1.74. The Morgan fingerprint density at radius 2 is 2.26 bits per heavy atom. The van der Waals surface area contributed by atoms with Crippen LogP contribution in [-0.4, -0.2) is 10.9 Å². The number of hydrogen-bond acceptors (Lipinski definition) is 4. The minimum Gasteiger partial charge on any atom is -0.399 e. The van der Waals surface area contributed by atoms with Gasteiger partial charge in [-0.1, -0.05) is 18.6 Å². The van der Waals surface area contributed by atoms with Crippen molar-refractivity contribution in [2.45, 2.75) is 19.3 Å². The number of anilines is 2. The molecule has 98 valence electrons. The highest BCUT2D eigenvalue weighted by Crippen LogP contribution is 2.30. The monoisotopic (exact) mass is 273 g/mol. The molecule has 0 unspecified atom stereocenters. The molecule has 3 rings (SSSR count). The van der Waals surface area contributed by atoms with Crippen LogP contribution in [0.1, 0.15) is 19.3 Å². The zero-order chi connectivity index (χ0) is 13.2. The van der Waals surface area contributed by atoms with E-state index < -0.39 is 0 Å². The minimum absolute atomic E-state index is 0.0970. The molecule has 1 amide bonds. The summed E-state index contributed by atoms with van der Waals surface area (Å²) < 4.78 is 0. The number of benzene rings is 1. The van der Waals surface area contributed by atoms with Gasteiger partial charge in [-0.05, 0) is 25.0 Å². The first-order valence-corrected chi connectivity index (χ1v) is 7.22. The largest absolute Gasteiger partial charge is 0.399 e. The average molecular weight is 273 g/mol. The van der Waals surface area contributed by atoms with E-state index in [4.69, 9.17) is 5.73 Å². The molecule has 0 bridgehead atoms. The zero-order valence-electron chi connectivity index (χ0n) is 10.4. The lowest BCUT2D eigenvalue weighted by Gasteiger charge is -2.23. The molecule has 1 aliphatic rings. The normalized spacial score (nSPS) is 14.9. The van der Waals surface area contributed by atoms with Crippen molar-refractivity contribution in [3.8, 4) is 11.3 Å². The van der Waals surface area contributed by atoms with Crippen molar-refractivity contribution in [2.75, 3.05) is 11.1 Å².